The lowest BCUT2D eigenvalue weighted by Crippen LogP contribution is -2.68. The van der Waals surface area contributed by atoms with Crippen molar-refractivity contribution in [1.29, 1.82) is 0 Å². The van der Waals surface area contributed by atoms with E-state index in [0.717, 1.165) is 0 Å². The van der Waals surface area contributed by atoms with E-state index in [1.54, 1.807) is 0 Å². The monoisotopic (exact) mass is 807 g/mol. The summed E-state index contributed by atoms with van der Waals surface area (Å²) in [5.74, 6) is 0. The minimum Gasteiger partial charge on any atom is -0.394 e. The zero-order valence-electron chi connectivity index (χ0n) is 29.3. The third-order valence-electron chi connectivity index (χ3n) is 10.5. The molecule has 320 valence electrons. The predicted molar refractivity (Wildman–Crippen MR) is 170 cm³/mol. The molecule has 0 unspecified atom stereocenters. The van der Waals surface area contributed by atoms with Crippen LogP contribution in [0.2, 0.25) is 0 Å². The molecule has 0 saturated carbocycles. The van der Waals surface area contributed by atoms with Gasteiger partial charge in [-0.1, -0.05) is 6.08 Å². The molecule has 0 bridgehead atoms. The zero-order valence-corrected chi connectivity index (χ0v) is 29.3. The summed E-state index contributed by atoms with van der Waals surface area (Å²) in [6, 6.07) is -1.34. The van der Waals surface area contributed by atoms with Gasteiger partial charge in [-0.15, -0.1) is 0 Å². The minimum absolute atomic E-state index is 0.0724. The van der Waals surface area contributed by atoms with E-state index in [9.17, 15) is 81.7 Å². The van der Waals surface area contributed by atoms with Crippen LogP contribution in [0.4, 0.5) is 0 Å². The molecule has 1 aliphatic carbocycles. The van der Waals surface area contributed by atoms with Crippen molar-refractivity contribution in [2.24, 2.45) is 0 Å². The largest absolute Gasteiger partial charge is 0.394 e. The average molecular weight is 808 g/mol. The summed E-state index contributed by atoms with van der Waals surface area (Å²) >= 11 is 0. The third-order valence-corrected chi connectivity index (χ3v) is 10.5. The molecule has 5 rings (SSSR count). The second-order valence-corrected chi connectivity index (χ2v) is 14.2. The van der Waals surface area contributed by atoms with Crippen LogP contribution in [0.15, 0.2) is 11.6 Å². The van der Waals surface area contributed by atoms with Crippen LogP contribution in [-0.4, -0.2) is 255 Å². The maximum Gasteiger partial charge on any atom is 0.187 e. The fourth-order valence-corrected chi connectivity index (χ4v) is 7.27. The SMILES string of the molecule is C[C@H]1O[C@H](O[C@H]2[C@H](O)[C@@H](O)[C@@H](O)O[C@@H]2CO)[C@H](O)[C@@H](O)[C@@H]1O[C@@H]1C(CO)=C[C@H](N[C@H]2O[C@H](CO)[C@@H](O[C@@H]3O[C@H](CO)[C@@H](O)[C@H](O)[C@H]3O)[C@H](O)[C@H]2O)[C@H](O)[C@H]1O. The topological polar surface area (TPSA) is 400 Å². The van der Waals surface area contributed by atoms with Crippen LogP contribution in [0.1, 0.15) is 6.92 Å². The van der Waals surface area contributed by atoms with Gasteiger partial charge in [-0.2, -0.15) is 0 Å². The van der Waals surface area contributed by atoms with Crippen LogP contribution in [0.5, 0.6) is 0 Å². The van der Waals surface area contributed by atoms with E-state index in [1.807, 2.05) is 0 Å². The molecule has 24 atom stereocenters. The lowest BCUT2D eigenvalue weighted by molar-refractivity contribution is -0.356. The van der Waals surface area contributed by atoms with Gasteiger partial charge in [0.15, 0.2) is 18.9 Å². The van der Waals surface area contributed by atoms with Crippen molar-refractivity contribution in [3.63, 3.8) is 0 Å². The second-order valence-electron chi connectivity index (χ2n) is 14.2. The van der Waals surface area contributed by atoms with Crippen molar-refractivity contribution in [3.8, 4) is 0 Å². The van der Waals surface area contributed by atoms with Crippen molar-refractivity contribution < 1.29 is 115 Å². The maximum absolute atomic E-state index is 11.2. The molecule has 4 fully saturated rings. The summed E-state index contributed by atoms with van der Waals surface area (Å²) in [4.78, 5) is 0. The van der Waals surface area contributed by atoms with E-state index in [4.69, 9.17) is 33.2 Å². The van der Waals surface area contributed by atoms with Gasteiger partial charge in [0.25, 0.3) is 0 Å². The molecule has 24 heteroatoms. The highest BCUT2D eigenvalue weighted by molar-refractivity contribution is 5.23. The summed E-state index contributed by atoms with van der Waals surface area (Å²) in [5, 5.41) is 169. The van der Waals surface area contributed by atoms with Crippen LogP contribution in [0.25, 0.3) is 0 Å². The van der Waals surface area contributed by atoms with Gasteiger partial charge in [-0.25, -0.2) is 0 Å². The van der Waals surface area contributed by atoms with Crippen molar-refractivity contribution in [3.05, 3.63) is 11.6 Å². The van der Waals surface area contributed by atoms with Crippen LogP contribution in [0.3, 0.4) is 0 Å². The quantitative estimate of drug-likeness (QED) is 0.0814. The van der Waals surface area contributed by atoms with E-state index < -0.39 is 174 Å². The van der Waals surface area contributed by atoms with Crippen LogP contribution in [0, 0.1) is 0 Å². The van der Waals surface area contributed by atoms with Crippen LogP contribution < -0.4 is 5.32 Å². The summed E-state index contributed by atoms with van der Waals surface area (Å²) in [5.41, 5.74) is -0.0724. The van der Waals surface area contributed by atoms with Crippen molar-refractivity contribution in [1.82, 2.24) is 5.32 Å². The molecule has 17 N–H and O–H groups in total. The molecule has 0 aromatic rings. The first kappa shape index (κ1) is 44.9. The number of aliphatic hydroxyl groups is 16. The summed E-state index contributed by atoms with van der Waals surface area (Å²) < 4.78 is 38.7. The number of nitrogens with one attached hydrogen (secondary N) is 1. The molecular weight excluding hydrogens is 754 g/mol. The number of aliphatic hydroxyl groups excluding tert-OH is 16. The van der Waals surface area contributed by atoms with Crippen molar-refractivity contribution in [2.45, 2.75) is 154 Å². The number of hydrogen-bond acceptors (Lipinski definition) is 24. The van der Waals surface area contributed by atoms with Crippen molar-refractivity contribution in [2.75, 3.05) is 26.4 Å². The van der Waals surface area contributed by atoms with Gasteiger partial charge in [0.1, 0.15) is 116 Å². The normalized spacial score (nSPS) is 52.5. The number of ether oxygens (including phenoxy) is 7. The van der Waals surface area contributed by atoms with Gasteiger partial charge in [0, 0.05) is 0 Å². The first-order valence-electron chi connectivity index (χ1n) is 17.6. The molecule has 0 radical (unpaired) electrons. The summed E-state index contributed by atoms with van der Waals surface area (Å²) in [6.07, 6.45) is -37.5. The highest BCUT2D eigenvalue weighted by Crippen LogP contribution is 2.34. The van der Waals surface area contributed by atoms with Gasteiger partial charge in [-0.05, 0) is 12.5 Å². The Balaban J connectivity index is 1.24. The van der Waals surface area contributed by atoms with Gasteiger partial charge in [0.05, 0.1) is 38.6 Å². The summed E-state index contributed by atoms with van der Waals surface area (Å²) in [6.45, 7) is -1.82. The first-order valence-corrected chi connectivity index (χ1v) is 17.6. The van der Waals surface area contributed by atoms with Gasteiger partial charge < -0.3 is 115 Å². The molecule has 4 heterocycles. The van der Waals surface area contributed by atoms with E-state index in [0.29, 0.717) is 0 Å². The maximum atomic E-state index is 11.2. The van der Waals surface area contributed by atoms with E-state index in [-0.39, 0.29) is 5.57 Å². The standard InChI is InChI=1S/C31H53NO23/c1-7-24(19(43)23(47)30(49-7)54-27-12(6-36)51-29(48)21(45)18(27)42)53-25-8(3-33)2-9(13(37)16(25)40)32-28-20(44)17(41)26(11(5-35)50-28)55-31-22(46)15(39)14(38)10(4-34)52-31/h2,7,9-48H,3-6H2,1H3/t7-,9+,10-,11-,12-,13+,14-,15+,16-,17-,18-,19-,20-,21-,22-,23-,24-,25-,26-,27-,28+,29+,30-,31+/m1/s1. The molecule has 0 spiro atoms. The Bertz CT molecular complexity index is 1250. The minimum atomic E-state index is -1.91. The Morgan fingerprint density at radius 3 is 1.62 bits per heavy atom. The zero-order chi connectivity index (χ0) is 40.6. The Labute approximate surface area is 312 Å². The smallest absolute Gasteiger partial charge is 0.187 e. The molecular formula is C31H53NO23. The predicted octanol–water partition coefficient (Wildman–Crippen LogP) is -10.7. The Kier molecular flexibility index (Phi) is 15.3. The van der Waals surface area contributed by atoms with Crippen molar-refractivity contribution >= 4 is 0 Å². The molecule has 4 aliphatic heterocycles. The fourth-order valence-electron chi connectivity index (χ4n) is 7.27. The Morgan fingerprint density at radius 2 is 1.04 bits per heavy atom. The fraction of sp³-hybridized carbons (Fsp3) is 0.935. The van der Waals surface area contributed by atoms with Crippen LogP contribution in [-0.2, 0) is 33.2 Å². The van der Waals surface area contributed by atoms with E-state index in [1.165, 1.54) is 13.0 Å². The average Bonchev–Trinajstić information content (AvgIpc) is 3.17. The van der Waals surface area contributed by atoms with Crippen LogP contribution >= 0.6 is 0 Å². The molecule has 0 amide bonds. The van der Waals surface area contributed by atoms with Gasteiger partial charge >= 0.3 is 0 Å². The lowest BCUT2D eigenvalue weighted by Gasteiger charge is -2.48. The molecule has 55 heavy (non-hydrogen) atoms. The number of hydrogen-bond donors (Lipinski definition) is 17. The highest BCUT2D eigenvalue weighted by atomic mass is 16.7. The number of rotatable bonds is 12. The molecule has 5 aliphatic rings. The second kappa shape index (κ2) is 18.8. The molecule has 24 nitrogen and oxygen atoms in total. The lowest BCUT2D eigenvalue weighted by atomic mass is 9.86. The van der Waals surface area contributed by atoms with Gasteiger partial charge in [0.2, 0.25) is 0 Å². The Morgan fingerprint density at radius 1 is 0.509 bits per heavy atom. The van der Waals surface area contributed by atoms with E-state index in [2.05, 4.69) is 5.32 Å². The van der Waals surface area contributed by atoms with E-state index >= 15 is 0 Å². The molecule has 0 aromatic heterocycles. The molecule has 0 aromatic carbocycles. The van der Waals surface area contributed by atoms with Gasteiger partial charge in [-0.3, -0.25) is 5.32 Å². The third kappa shape index (κ3) is 9.03. The molecule has 4 saturated heterocycles. The highest BCUT2D eigenvalue weighted by Gasteiger charge is 2.54. The Hall–Kier alpha value is -1.22. The summed E-state index contributed by atoms with van der Waals surface area (Å²) in [7, 11) is 0. The first-order chi connectivity index (χ1) is 26.0.